The van der Waals surface area contributed by atoms with Crippen LogP contribution in [0.25, 0.3) is 82.5 Å². The topological polar surface area (TPSA) is 55.6 Å². The van der Waals surface area contributed by atoms with Gasteiger partial charge in [-0.2, -0.15) is 0 Å². The Morgan fingerprint density at radius 1 is 0.473 bits per heavy atom. The molecule has 1 unspecified atom stereocenters. The molecule has 1 atom stereocenters. The number of benzene rings is 8. The Morgan fingerprint density at radius 3 is 2.07 bits per heavy atom. The summed E-state index contributed by atoms with van der Waals surface area (Å²) in [6.45, 7) is 0. The highest BCUT2D eigenvalue weighted by molar-refractivity contribution is 6.26. The van der Waals surface area contributed by atoms with Gasteiger partial charge in [0.15, 0.2) is 5.58 Å². The number of aliphatic imine (C=N–C) groups is 1. The third-order valence-electron chi connectivity index (χ3n) is 11.2. The minimum atomic E-state index is -0.210. The van der Waals surface area contributed by atoms with Crippen LogP contribution >= 0.6 is 0 Å². The number of para-hydroxylation sites is 4. The molecule has 55 heavy (non-hydrogen) atoms. The minimum Gasteiger partial charge on any atom is -0.456 e. The summed E-state index contributed by atoms with van der Waals surface area (Å²) >= 11 is 0. The molecule has 5 nitrogen and oxygen atoms in total. The van der Waals surface area contributed by atoms with Crippen LogP contribution in [-0.4, -0.2) is 10.3 Å². The second kappa shape index (κ2) is 11.6. The van der Waals surface area contributed by atoms with Crippen LogP contribution in [0.3, 0.4) is 0 Å². The fourth-order valence-corrected chi connectivity index (χ4v) is 8.73. The largest absolute Gasteiger partial charge is 0.456 e. The first kappa shape index (κ1) is 30.1. The Kier molecular flexibility index (Phi) is 6.33. The van der Waals surface area contributed by atoms with Crippen molar-refractivity contribution in [2.45, 2.75) is 6.17 Å². The zero-order valence-corrected chi connectivity index (χ0v) is 29.5. The summed E-state index contributed by atoms with van der Waals surface area (Å²) in [7, 11) is 0. The number of anilines is 1. The Hall–Kier alpha value is -7.37. The standard InChI is InChI=1S/C50H31N3O2/c1-2-12-30(13-3-1)50-51-40-19-7-4-16-35(40)48(52-50)36-17-11-23-46-47(36)37-18-10-21-43(49(37)55-46)53-41-20-8-5-14-33(41)38-28-31(24-26-42(38)53)32-25-27-45-39(29-32)34-15-6-9-22-44(34)54-45/h1-29,50-51H. The highest BCUT2D eigenvalue weighted by Crippen LogP contribution is 2.42. The first-order valence-corrected chi connectivity index (χ1v) is 18.7. The number of hydrogen-bond acceptors (Lipinski definition) is 4. The van der Waals surface area contributed by atoms with Crippen molar-refractivity contribution in [2.24, 2.45) is 4.99 Å². The Morgan fingerprint density at radius 2 is 1.15 bits per heavy atom. The fourth-order valence-electron chi connectivity index (χ4n) is 8.73. The van der Waals surface area contributed by atoms with E-state index in [1.54, 1.807) is 0 Å². The molecule has 1 aliphatic rings. The van der Waals surface area contributed by atoms with Crippen molar-refractivity contribution in [1.29, 1.82) is 0 Å². The van der Waals surface area contributed by atoms with Crippen LogP contribution in [0, 0.1) is 0 Å². The van der Waals surface area contributed by atoms with Gasteiger partial charge in [0.25, 0.3) is 0 Å². The summed E-state index contributed by atoms with van der Waals surface area (Å²) in [5.41, 5.74) is 14.3. The van der Waals surface area contributed by atoms with Crippen molar-refractivity contribution in [1.82, 2.24) is 4.57 Å². The van der Waals surface area contributed by atoms with Crippen LogP contribution < -0.4 is 5.32 Å². The molecule has 0 bridgehead atoms. The predicted octanol–water partition coefficient (Wildman–Crippen LogP) is 13.2. The molecule has 5 heteroatoms. The maximum atomic E-state index is 6.90. The number of hydrogen-bond donors (Lipinski definition) is 1. The molecule has 258 valence electrons. The van der Waals surface area contributed by atoms with Gasteiger partial charge in [-0.15, -0.1) is 0 Å². The lowest BCUT2D eigenvalue weighted by Gasteiger charge is -2.26. The molecule has 3 aromatic heterocycles. The molecule has 11 aromatic rings. The molecule has 1 aliphatic heterocycles. The molecule has 0 saturated carbocycles. The second-order valence-electron chi connectivity index (χ2n) is 14.3. The van der Waals surface area contributed by atoms with Gasteiger partial charge in [0.2, 0.25) is 0 Å². The van der Waals surface area contributed by atoms with E-state index >= 15 is 0 Å². The first-order valence-electron chi connectivity index (χ1n) is 18.7. The Labute approximate surface area is 315 Å². The van der Waals surface area contributed by atoms with Crippen LogP contribution in [0.5, 0.6) is 0 Å². The lowest BCUT2D eigenvalue weighted by Crippen LogP contribution is -2.20. The highest BCUT2D eigenvalue weighted by atomic mass is 16.3. The van der Waals surface area contributed by atoms with Gasteiger partial charge in [0, 0.05) is 49.1 Å². The number of fused-ring (bicyclic) bond motifs is 10. The van der Waals surface area contributed by atoms with Crippen molar-refractivity contribution >= 4 is 77.1 Å². The minimum absolute atomic E-state index is 0.210. The first-order chi connectivity index (χ1) is 27.3. The van der Waals surface area contributed by atoms with Gasteiger partial charge in [0.1, 0.15) is 22.9 Å². The van der Waals surface area contributed by atoms with Gasteiger partial charge < -0.3 is 18.7 Å². The molecule has 0 spiro atoms. The average Bonchev–Trinajstić information content (AvgIpc) is 3.93. The van der Waals surface area contributed by atoms with E-state index in [1.165, 1.54) is 10.8 Å². The van der Waals surface area contributed by atoms with Gasteiger partial charge in [-0.05, 0) is 71.3 Å². The van der Waals surface area contributed by atoms with Gasteiger partial charge in [-0.1, -0.05) is 121 Å². The van der Waals surface area contributed by atoms with E-state index in [0.717, 1.165) is 99.8 Å². The second-order valence-corrected chi connectivity index (χ2v) is 14.3. The van der Waals surface area contributed by atoms with Gasteiger partial charge in [-0.25, -0.2) is 0 Å². The number of rotatable bonds is 4. The van der Waals surface area contributed by atoms with Gasteiger partial charge in [0.05, 0.1) is 22.4 Å². The molecule has 0 amide bonds. The molecule has 0 radical (unpaired) electrons. The van der Waals surface area contributed by atoms with Gasteiger partial charge in [-0.3, -0.25) is 4.99 Å². The van der Waals surface area contributed by atoms with E-state index in [1.807, 2.05) is 18.2 Å². The van der Waals surface area contributed by atoms with E-state index in [2.05, 4.69) is 168 Å². The zero-order valence-electron chi connectivity index (χ0n) is 29.5. The molecule has 8 aromatic carbocycles. The van der Waals surface area contributed by atoms with E-state index in [9.17, 15) is 0 Å². The molecule has 4 heterocycles. The highest BCUT2D eigenvalue weighted by Gasteiger charge is 2.26. The quantitative estimate of drug-likeness (QED) is 0.198. The average molecular weight is 706 g/mol. The number of furan rings is 2. The number of nitrogens with one attached hydrogen (secondary N) is 1. The van der Waals surface area contributed by atoms with Crippen molar-refractivity contribution in [2.75, 3.05) is 5.32 Å². The maximum absolute atomic E-state index is 6.90. The monoisotopic (exact) mass is 705 g/mol. The molecule has 0 aliphatic carbocycles. The predicted molar refractivity (Wildman–Crippen MR) is 226 cm³/mol. The summed E-state index contributed by atoms with van der Waals surface area (Å²) in [5.74, 6) is 0. The van der Waals surface area contributed by atoms with Gasteiger partial charge >= 0.3 is 0 Å². The van der Waals surface area contributed by atoms with E-state index in [-0.39, 0.29) is 6.17 Å². The third-order valence-corrected chi connectivity index (χ3v) is 11.2. The van der Waals surface area contributed by atoms with Crippen LogP contribution in [0.1, 0.15) is 22.9 Å². The normalized spacial score (nSPS) is 14.3. The summed E-state index contributed by atoms with van der Waals surface area (Å²) < 4.78 is 15.4. The fraction of sp³-hybridized carbons (Fsp3) is 0.0200. The summed E-state index contributed by atoms with van der Waals surface area (Å²) in [5, 5.41) is 10.4. The van der Waals surface area contributed by atoms with E-state index in [0.29, 0.717) is 0 Å². The van der Waals surface area contributed by atoms with Crippen LogP contribution in [0.2, 0.25) is 0 Å². The molecule has 0 fully saturated rings. The summed E-state index contributed by atoms with van der Waals surface area (Å²) in [6.07, 6.45) is -0.210. The summed E-state index contributed by atoms with van der Waals surface area (Å²) in [4.78, 5) is 5.37. The lowest BCUT2D eigenvalue weighted by atomic mass is 9.94. The zero-order chi connectivity index (χ0) is 36.0. The molecular formula is C50H31N3O2. The number of aromatic nitrogens is 1. The maximum Gasteiger partial charge on any atom is 0.159 e. The molecular weight excluding hydrogens is 675 g/mol. The van der Waals surface area contributed by atoms with E-state index in [4.69, 9.17) is 13.8 Å². The van der Waals surface area contributed by atoms with E-state index < -0.39 is 0 Å². The summed E-state index contributed by atoms with van der Waals surface area (Å²) in [6, 6.07) is 61.9. The Balaban J connectivity index is 1.05. The SMILES string of the molecule is c1ccc(C2N=C(c3cccc4oc5c(-n6c7ccccc7c7cc(-c8ccc9oc%10ccccc%10c9c8)ccc76)cccc5c34)c3ccccc3N2)cc1. The Bertz CT molecular complexity index is 3360. The van der Waals surface area contributed by atoms with Crippen LogP contribution in [0.15, 0.2) is 190 Å². The smallest absolute Gasteiger partial charge is 0.159 e. The third kappa shape index (κ3) is 4.50. The lowest BCUT2D eigenvalue weighted by molar-refractivity contribution is 0.666. The number of nitrogens with zero attached hydrogens (tertiary/aromatic N) is 2. The molecule has 0 saturated heterocycles. The van der Waals surface area contributed by atoms with Crippen molar-refractivity contribution in [3.8, 4) is 16.8 Å². The van der Waals surface area contributed by atoms with Crippen LogP contribution in [0.4, 0.5) is 5.69 Å². The van der Waals surface area contributed by atoms with Crippen LogP contribution in [-0.2, 0) is 0 Å². The van der Waals surface area contributed by atoms with Crippen molar-refractivity contribution in [3.05, 3.63) is 193 Å². The molecule has 12 rings (SSSR count). The molecule has 1 N–H and O–H groups in total. The van der Waals surface area contributed by atoms with Crippen molar-refractivity contribution in [3.63, 3.8) is 0 Å². The van der Waals surface area contributed by atoms with Crippen molar-refractivity contribution < 1.29 is 8.83 Å².